The highest BCUT2D eigenvalue weighted by atomic mass is 79.9. The van der Waals surface area contributed by atoms with Gasteiger partial charge in [0.25, 0.3) is 0 Å². The van der Waals surface area contributed by atoms with E-state index in [1.165, 1.54) is 41.0 Å². The number of aromatic nitrogens is 1. The number of halogens is 4. The minimum Gasteiger partial charge on any atom is -0.477 e. The Bertz CT molecular complexity index is 1160. The molecule has 3 aromatic rings. The molecule has 9 heteroatoms. The van der Waals surface area contributed by atoms with Crippen LogP contribution in [0.4, 0.5) is 4.39 Å². The number of rotatable bonds is 5. The third-order valence-electron chi connectivity index (χ3n) is 4.12. The van der Waals surface area contributed by atoms with Gasteiger partial charge in [-0.15, -0.1) is 0 Å². The van der Waals surface area contributed by atoms with Crippen molar-refractivity contribution >= 4 is 45.1 Å². The number of ether oxygens (including phenoxy) is 1. The molecular formula is C20H13BrCl2FNO4. The molecule has 0 aliphatic carbocycles. The van der Waals surface area contributed by atoms with Crippen molar-refractivity contribution < 1.29 is 19.0 Å². The first kappa shape index (κ1) is 21.4. The van der Waals surface area contributed by atoms with Gasteiger partial charge in [0.2, 0.25) is 11.3 Å². The number of aromatic carboxylic acids is 1. The summed E-state index contributed by atoms with van der Waals surface area (Å²) in [5, 5.41) is 10.2. The van der Waals surface area contributed by atoms with Gasteiger partial charge in [-0.05, 0) is 59.3 Å². The number of hydrogen-bond acceptors (Lipinski definition) is 3. The third kappa shape index (κ3) is 4.17. The molecule has 0 saturated heterocycles. The zero-order valence-corrected chi connectivity index (χ0v) is 18.0. The Morgan fingerprint density at radius 1 is 1.17 bits per heavy atom. The van der Waals surface area contributed by atoms with E-state index in [0.717, 1.165) is 0 Å². The highest BCUT2D eigenvalue weighted by molar-refractivity contribution is 9.10. The van der Waals surface area contributed by atoms with E-state index in [2.05, 4.69) is 15.9 Å². The van der Waals surface area contributed by atoms with Crippen LogP contribution in [-0.4, -0.2) is 15.6 Å². The Labute approximate surface area is 183 Å². The Morgan fingerprint density at radius 2 is 1.83 bits per heavy atom. The first-order valence-corrected chi connectivity index (χ1v) is 9.87. The van der Waals surface area contributed by atoms with Crippen LogP contribution in [0.3, 0.4) is 0 Å². The number of carboxylic acid groups (broad SMARTS) is 1. The van der Waals surface area contributed by atoms with Crippen LogP contribution in [0.15, 0.2) is 51.7 Å². The molecule has 0 atom stereocenters. The van der Waals surface area contributed by atoms with Crippen molar-refractivity contribution in [3.63, 3.8) is 0 Å². The molecule has 3 rings (SSSR count). The molecular weight excluding hydrogens is 488 g/mol. The molecule has 0 amide bonds. The predicted molar refractivity (Wildman–Crippen MR) is 113 cm³/mol. The predicted octanol–water partition coefficient (Wildman–Crippen LogP) is 6.23. The number of pyridine rings is 1. The molecule has 1 aromatic heterocycles. The molecule has 0 fully saturated rings. The maximum absolute atomic E-state index is 13.2. The number of carbonyl (C=O) groups is 1. The third-order valence-corrected chi connectivity index (χ3v) is 5.56. The molecule has 0 unspecified atom stereocenters. The maximum Gasteiger partial charge on any atom is 0.341 e. The SMILES string of the molecule is CCn1c(Oc2ccc(F)cc2)c(Br)c(=O)c(C(=O)O)c1-c1ccc(Cl)c(Cl)c1. The minimum atomic E-state index is -1.40. The van der Waals surface area contributed by atoms with Gasteiger partial charge in [0.05, 0.1) is 15.7 Å². The van der Waals surface area contributed by atoms with Crippen LogP contribution < -0.4 is 10.2 Å². The topological polar surface area (TPSA) is 68.5 Å². The molecule has 0 aliphatic rings. The molecule has 0 radical (unpaired) electrons. The van der Waals surface area contributed by atoms with Crippen molar-refractivity contribution in [1.29, 1.82) is 0 Å². The summed E-state index contributed by atoms with van der Waals surface area (Å²) in [6.07, 6.45) is 0. The summed E-state index contributed by atoms with van der Waals surface area (Å²) in [6, 6.07) is 9.78. The lowest BCUT2D eigenvalue weighted by Gasteiger charge is -2.21. The summed E-state index contributed by atoms with van der Waals surface area (Å²) in [6.45, 7) is 2.03. The van der Waals surface area contributed by atoms with Gasteiger partial charge in [-0.1, -0.05) is 29.3 Å². The molecule has 1 heterocycles. The van der Waals surface area contributed by atoms with Crippen molar-refractivity contribution in [2.24, 2.45) is 0 Å². The zero-order valence-electron chi connectivity index (χ0n) is 14.9. The van der Waals surface area contributed by atoms with E-state index in [1.54, 1.807) is 13.0 Å². The van der Waals surface area contributed by atoms with Crippen LogP contribution in [0.5, 0.6) is 11.6 Å². The van der Waals surface area contributed by atoms with Gasteiger partial charge in [0.15, 0.2) is 0 Å². The van der Waals surface area contributed by atoms with Crippen molar-refractivity contribution in [3.05, 3.63) is 78.6 Å². The average Bonchev–Trinajstić information content (AvgIpc) is 2.68. The first-order chi connectivity index (χ1) is 13.7. The minimum absolute atomic E-state index is 0.0649. The normalized spacial score (nSPS) is 10.8. The maximum atomic E-state index is 13.2. The summed E-state index contributed by atoms with van der Waals surface area (Å²) < 4.78 is 20.5. The highest BCUT2D eigenvalue weighted by Crippen LogP contribution is 2.36. The second-order valence-corrected chi connectivity index (χ2v) is 7.51. The van der Waals surface area contributed by atoms with Crippen LogP contribution in [0, 0.1) is 5.82 Å². The number of hydrogen-bond donors (Lipinski definition) is 1. The fourth-order valence-corrected chi connectivity index (χ4v) is 3.62. The smallest absolute Gasteiger partial charge is 0.341 e. The van der Waals surface area contributed by atoms with Crippen LogP contribution in [0.2, 0.25) is 10.0 Å². The Morgan fingerprint density at radius 3 is 2.38 bits per heavy atom. The van der Waals surface area contributed by atoms with Crippen LogP contribution in [0.1, 0.15) is 17.3 Å². The largest absolute Gasteiger partial charge is 0.477 e. The standard InChI is InChI=1S/C20H13BrCl2FNO4/c1-2-25-17(10-3-8-13(22)14(23)9-10)15(20(27)28)18(26)16(21)19(25)29-12-6-4-11(24)5-7-12/h3-9H,2H2,1H3,(H,27,28). The number of carboxylic acids is 1. The Balaban J connectivity index is 2.34. The monoisotopic (exact) mass is 499 g/mol. The number of nitrogens with zero attached hydrogens (tertiary/aromatic N) is 1. The summed E-state index contributed by atoms with van der Waals surface area (Å²) in [5.41, 5.74) is -0.708. The van der Waals surface area contributed by atoms with Gasteiger partial charge in [-0.3, -0.25) is 4.79 Å². The molecule has 0 aliphatic heterocycles. The summed E-state index contributed by atoms with van der Waals surface area (Å²) in [4.78, 5) is 24.8. The van der Waals surface area contributed by atoms with Gasteiger partial charge in [-0.2, -0.15) is 0 Å². The highest BCUT2D eigenvalue weighted by Gasteiger charge is 2.27. The quantitative estimate of drug-likeness (QED) is 0.450. The number of benzene rings is 2. The fourth-order valence-electron chi connectivity index (χ4n) is 2.83. The fraction of sp³-hybridized carbons (Fsp3) is 0.100. The molecule has 0 saturated carbocycles. The Hall–Kier alpha value is -2.35. The molecule has 1 N–H and O–H groups in total. The van der Waals surface area contributed by atoms with E-state index in [9.17, 15) is 19.1 Å². The van der Waals surface area contributed by atoms with E-state index in [-0.39, 0.29) is 38.4 Å². The van der Waals surface area contributed by atoms with Crippen molar-refractivity contribution in [2.45, 2.75) is 13.5 Å². The van der Waals surface area contributed by atoms with Gasteiger partial charge < -0.3 is 14.4 Å². The molecule has 0 spiro atoms. The van der Waals surface area contributed by atoms with Gasteiger partial charge in [-0.25, -0.2) is 9.18 Å². The van der Waals surface area contributed by atoms with E-state index in [1.807, 2.05) is 0 Å². The van der Waals surface area contributed by atoms with E-state index < -0.39 is 22.8 Å². The lowest BCUT2D eigenvalue weighted by atomic mass is 10.0. The van der Waals surface area contributed by atoms with Crippen LogP contribution >= 0.6 is 39.1 Å². The molecule has 29 heavy (non-hydrogen) atoms. The lowest BCUT2D eigenvalue weighted by molar-refractivity contribution is 0.0695. The first-order valence-electron chi connectivity index (χ1n) is 8.33. The van der Waals surface area contributed by atoms with Gasteiger partial charge >= 0.3 is 5.97 Å². The van der Waals surface area contributed by atoms with Gasteiger partial charge in [0, 0.05) is 12.1 Å². The second kappa shape index (κ2) is 8.57. The van der Waals surface area contributed by atoms with Crippen LogP contribution in [-0.2, 0) is 6.54 Å². The van der Waals surface area contributed by atoms with Crippen LogP contribution in [0.25, 0.3) is 11.3 Å². The second-order valence-electron chi connectivity index (χ2n) is 5.91. The summed E-state index contributed by atoms with van der Waals surface area (Å²) in [7, 11) is 0. The van der Waals surface area contributed by atoms with Gasteiger partial charge in [0.1, 0.15) is 21.6 Å². The zero-order chi connectivity index (χ0) is 21.3. The van der Waals surface area contributed by atoms with Crippen molar-refractivity contribution in [2.75, 3.05) is 0 Å². The summed E-state index contributed by atoms with van der Waals surface area (Å²) >= 11 is 15.2. The molecule has 150 valence electrons. The van der Waals surface area contributed by atoms with E-state index >= 15 is 0 Å². The molecule has 0 bridgehead atoms. The van der Waals surface area contributed by atoms with E-state index in [0.29, 0.717) is 5.56 Å². The lowest BCUT2D eigenvalue weighted by Crippen LogP contribution is -2.23. The van der Waals surface area contributed by atoms with Crippen molar-refractivity contribution in [1.82, 2.24) is 4.57 Å². The average molecular weight is 501 g/mol. The summed E-state index contributed by atoms with van der Waals surface area (Å²) in [5.74, 6) is -1.48. The molecule has 2 aromatic carbocycles. The molecule has 5 nitrogen and oxygen atoms in total. The van der Waals surface area contributed by atoms with E-state index in [4.69, 9.17) is 27.9 Å². The Kier molecular flexibility index (Phi) is 6.31. The van der Waals surface area contributed by atoms with Crippen molar-refractivity contribution in [3.8, 4) is 22.9 Å².